The number of aryl methyl sites for hydroxylation is 1. The molecule has 6 nitrogen and oxygen atoms in total. The second-order valence-electron chi connectivity index (χ2n) is 8.71. The maximum absolute atomic E-state index is 13.9. The third kappa shape index (κ3) is 3.72. The molecule has 3 aliphatic rings. The van der Waals surface area contributed by atoms with Gasteiger partial charge in [-0.15, -0.1) is 0 Å². The summed E-state index contributed by atoms with van der Waals surface area (Å²) in [5.41, 5.74) is 1.78. The Morgan fingerprint density at radius 2 is 1.84 bits per heavy atom. The highest BCUT2D eigenvalue weighted by Gasteiger charge is 2.51. The lowest BCUT2D eigenvalue weighted by molar-refractivity contribution is -0.0672. The zero-order chi connectivity index (χ0) is 22.2. The fourth-order valence-electron chi connectivity index (χ4n) is 4.85. The van der Waals surface area contributed by atoms with Crippen LogP contribution in [0.25, 0.3) is 11.4 Å². The van der Waals surface area contributed by atoms with Crippen LogP contribution >= 0.6 is 0 Å². The van der Waals surface area contributed by atoms with Crippen molar-refractivity contribution in [3.05, 3.63) is 72.1 Å². The van der Waals surface area contributed by atoms with E-state index in [0.29, 0.717) is 41.3 Å². The van der Waals surface area contributed by atoms with Gasteiger partial charge in [0.2, 0.25) is 0 Å². The van der Waals surface area contributed by atoms with Gasteiger partial charge in [0.15, 0.2) is 5.82 Å². The molecule has 2 aliphatic heterocycles. The number of nitrogens with zero attached hydrogens (tertiary/aromatic N) is 4. The first-order valence-electron chi connectivity index (χ1n) is 11.0. The van der Waals surface area contributed by atoms with E-state index in [0.717, 1.165) is 18.5 Å². The predicted octanol–water partition coefficient (Wildman–Crippen LogP) is 4.30. The Balaban J connectivity index is 1.46. The largest absolute Gasteiger partial charge is 0.491 e. The number of hydrogen-bond acceptors (Lipinski definition) is 5. The first-order chi connectivity index (χ1) is 15.5. The van der Waals surface area contributed by atoms with Crippen molar-refractivity contribution in [3.8, 4) is 17.1 Å². The van der Waals surface area contributed by atoms with Crippen molar-refractivity contribution >= 4 is 5.91 Å². The van der Waals surface area contributed by atoms with Gasteiger partial charge in [0.1, 0.15) is 23.9 Å². The second kappa shape index (κ2) is 8.30. The highest BCUT2D eigenvalue weighted by molar-refractivity contribution is 5.98. The maximum Gasteiger partial charge on any atom is 0.273 e. The van der Waals surface area contributed by atoms with Gasteiger partial charge in [0.05, 0.1) is 11.6 Å². The van der Waals surface area contributed by atoms with Crippen LogP contribution in [-0.4, -0.2) is 44.4 Å². The van der Waals surface area contributed by atoms with Crippen LogP contribution in [0.1, 0.15) is 35.9 Å². The molecule has 32 heavy (non-hydrogen) atoms. The van der Waals surface area contributed by atoms with E-state index in [2.05, 4.69) is 21.9 Å². The molecule has 164 valence electrons. The second-order valence-corrected chi connectivity index (χ2v) is 8.71. The van der Waals surface area contributed by atoms with Gasteiger partial charge in [0, 0.05) is 24.1 Å². The number of rotatable bonds is 5. The van der Waals surface area contributed by atoms with Crippen molar-refractivity contribution < 1.29 is 13.9 Å². The molecule has 1 amide bonds. The van der Waals surface area contributed by atoms with Crippen LogP contribution in [0, 0.1) is 24.6 Å². The number of piperidine rings is 2. The molecule has 0 spiro atoms. The fourth-order valence-corrected chi connectivity index (χ4v) is 4.85. The summed E-state index contributed by atoms with van der Waals surface area (Å²) < 4.78 is 19.2. The van der Waals surface area contributed by atoms with Crippen LogP contribution in [-0.2, 0) is 0 Å². The topological polar surface area (TPSA) is 68.2 Å². The zero-order valence-corrected chi connectivity index (χ0v) is 18.1. The van der Waals surface area contributed by atoms with Crippen LogP contribution in [0.4, 0.5) is 4.39 Å². The Hall–Kier alpha value is -3.35. The monoisotopic (exact) mass is 432 g/mol. The van der Waals surface area contributed by atoms with E-state index in [1.807, 2.05) is 24.0 Å². The standard InChI is InChI=1S/C25H25FN4O2/c1-15-4-9-21(24-27-10-3-11-28-24)23(29-15)25(31)30-19-12-17(13-19)16(2)22(30)14-32-20-7-5-18(26)6-8-20/h3-11,16-17,19,22H,12-14H2,1-2H3/t16-,17?,19?,22+/m0/s1. The van der Waals surface area contributed by atoms with Crippen LogP contribution in [0.3, 0.4) is 0 Å². The molecule has 7 heteroatoms. The van der Waals surface area contributed by atoms with Crippen molar-refractivity contribution in [2.45, 2.75) is 38.8 Å². The van der Waals surface area contributed by atoms with E-state index in [1.54, 1.807) is 30.6 Å². The number of fused-ring (bicyclic) bond motifs is 2. The molecule has 1 saturated carbocycles. The fraction of sp³-hybridized carbons (Fsp3) is 0.360. The Kier molecular flexibility index (Phi) is 5.33. The number of hydrogen-bond donors (Lipinski definition) is 0. The van der Waals surface area contributed by atoms with Gasteiger partial charge in [-0.25, -0.2) is 19.3 Å². The Morgan fingerprint density at radius 3 is 2.56 bits per heavy atom. The number of ether oxygens (including phenoxy) is 1. The maximum atomic E-state index is 13.9. The Bertz CT molecular complexity index is 1120. The van der Waals surface area contributed by atoms with Crippen LogP contribution < -0.4 is 4.74 Å². The van der Waals surface area contributed by atoms with Crippen LogP contribution in [0.5, 0.6) is 5.75 Å². The highest BCUT2D eigenvalue weighted by atomic mass is 19.1. The van der Waals surface area contributed by atoms with Gasteiger partial charge < -0.3 is 9.64 Å². The van der Waals surface area contributed by atoms with Crippen molar-refractivity contribution in [1.82, 2.24) is 19.9 Å². The molecule has 0 unspecified atom stereocenters. The molecule has 2 atom stereocenters. The molecular formula is C25H25FN4O2. The number of carbonyl (C=O) groups excluding carboxylic acids is 1. The molecule has 4 heterocycles. The van der Waals surface area contributed by atoms with Gasteiger partial charge in [-0.3, -0.25) is 4.79 Å². The minimum Gasteiger partial charge on any atom is -0.491 e. The average molecular weight is 432 g/mol. The molecule has 1 aromatic carbocycles. The molecule has 2 bridgehead atoms. The molecule has 0 N–H and O–H groups in total. The molecule has 3 aromatic rings. The number of carbonyl (C=O) groups is 1. The van der Waals surface area contributed by atoms with Crippen molar-refractivity contribution in [3.63, 3.8) is 0 Å². The minimum absolute atomic E-state index is 0.0862. The van der Waals surface area contributed by atoms with Gasteiger partial charge in [-0.05, 0) is 74.1 Å². The number of pyridine rings is 1. The number of amides is 1. The third-order valence-corrected chi connectivity index (χ3v) is 6.76. The summed E-state index contributed by atoms with van der Waals surface area (Å²) in [6.07, 6.45) is 5.33. The summed E-state index contributed by atoms with van der Waals surface area (Å²) in [5, 5.41) is 0. The Labute approximate surface area is 186 Å². The van der Waals surface area contributed by atoms with E-state index in [1.165, 1.54) is 12.1 Å². The molecule has 3 fully saturated rings. The summed E-state index contributed by atoms with van der Waals surface area (Å²) in [5.74, 6) is 1.55. The van der Waals surface area contributed by atoms with E-state index >= 15 is 0 Å². The Morgan fingerprint density at radius 1 is 1.12 bits per heavy atom. The third-order valence-electron chi connectivity index (χ3n) is 6.76. The quantitative estimate of drug-likeness (QED) is 0.601. The predicted molar refractivity (Wildman–Crippen MR) is 118 cm³/mol. The van der Waals surface area contributed by atoms with Gasteiger partial charge in [-0.2, -0.15) is 0 Å². The molecule has 1 aliphatic carbocycles. The van der Waals surface area contributed by atoms with Gasteiger partial charge in [-0.1, -0.05) is 6.92 Å². The smallest absolute Gasteiger partial charge is 0.273 e. The summed E-state index contributed by atoms with van der Waals surface area (Å²) in [6.45, 7) is 4.41. The van der Waals surface area contributed by atoms with E-state index in [-0.39, 0.29) is 23.8 Å². The SMILES string of the molecule is Cc1ccc(-c2ncccn2)c(C(=O)N2C3CC(C3)[C@H](C)[C@H]2COc2ccc(F)cc2)n1. The highest BCUT2D eigenvalue weighted by Crippen LogP contribution is 2.47. The van der Waals surface area contributed by atoms with Crippen LogP contribution in [0.15, 0.2) is 54.9 Å². The summed E-state index contributed by atoms with van der Waals surface area (Å²) in [6, 6.07) is 11.6. The first-order valence-corrected chi connectivity index (χ1v) is 11.0. The number of halogens is 1. The zero-order valence-electron chi connectivity index (χ0n) is 18.1. The normalized spacial score (nSPS) is 24.0. The van der Waals surface area contributed by atoms with Crippen molar-refractivity contribution in [2.24, 2.45) is 11.8 Å². The lowest BCUT2D eigenvalue weighted by Crippen LogP contribution is -2.64. The number of benzene rings is 1. The van der Waals surface area contributed by atoms with Crippen molar-refractivity contribution in [2.75, 3.05) is 6.61 Å². The minimum atomic E-state index is -0.303. The molecule has 2 saturated heterocycles. The van der Waals surface area contributed by atoms with E-state index in [9.17, 15) is 9.18 Å². The molecule has 6 rings (SSSR count). The van der Waals surface area contributed by atoms with Gasteiger partial charge >= 0.3 is 0 Å². The van der Waals surface area contributed by atoms with E-state index in [4.69, 9.17) is 4.74 Å². The molecular weight excluding hydrogens is 407 g/mol. The first kappa shape index (κ1) is 20.5. The summed E-state index contributed by atoms with van der Waals surface area (Å²) in [4.78, 5) is 29.1. The number of aromatic nitrogens is 3. The van der Waals surface area contributed by atoms with Crippen molar-refractivity contribution in [1.29, 1.82) is 0 Å². The molecule has 0 radical (unpaired) electrons. The van der Waals surface area contributed by atoms with Gasteiger partial charge in [0.25, 0.3) is 5.91 Å². The lowest BCUT2D eigenvalue weighted by atomic mass is 9.64. The lowest BCUT2D eigenvalue weighted by Gasteiger charge is -2.57. The molecule has 2 aromatic heterocycles. The summed E-state index contributed by atoms with van der Waals surface area (Å²) in [7, 11) is 0. The summed E-state index contributed by atoms with van der Waals surface area (Å²) >= 11 is 0. The average Bonchev–Trinajstić information content (AvgIpc) is 2.78. The van der Waals surface area contributed by atoms with Crippen LogP contribution in [0.2, 0.25) is 0 Å². The van der Waals surface area contributed by atoms with E-state index < -0.39 is 0 Å².